The zero-order chi connectivity index (χ0) is 15.1. The Balaban J connectivity index is 2.22. The number of benzene rings is 1. The highest BCUT2D eigenvalue weighted by Gasteiger charge is 2.10. The fourth-order valence-corrected chi connectivity index (χ4v) is 2.80. The second kappa shape index (κ2) is 8.41. The normalized spacial score (nSPS) is 10.6. The Morgan fingerprint density at radius 1 is 1.33 bits per heavy atom. The minimum atomic E-state index is 0.656. The Hall–Kier alpha value is -1.04. The van der Waals surface area contributed by atoms with Gasteiger partial charge in [-0.1, -0.05) is 19.1 Å². The minimum Gasteiger partial charge on any atom is -0.438 e. The van der Waals surface area contributed by atoms with E-state index in [1.807, 2.05) is 36.6 Å². The van der Waals surface area contributed by atoms with E-state index in [0.29, 0.717) is 5.88 Å². The highest BCUT2D eigenvalue weighted by Crippen LogP contribution is 2.32. The molecule has 0 spiro atoms. The summed E-state index contributed by atoms with van der Waals surface area (Å²) in [7, 11) is 0. The van der Waals surface area contributed by atoms with Gasteiger partial charge in [-0.05, 0) is 53.4 Å². The molecule has 0 aliphatic rings. The molecule has 0 unspecified atom stereocenters. The molecule has 0 bridgehead atoms. The summed E-state index contributed by atoms with van der Waals surface area (Å²) in [6.45, 7) is 3.88. The van der Waals surface area contributed by atoms with Crippen molar-refractivity contribution < 1.29 is 4.74 Å². The van der Waals surface area contributed by atoms with E-state index < -0.39 is 0 Å². The molecule has 0 radical (unpaired) electrons. The Kier molecular flexibility index (Phi) is 6.54. The predicted octanol–water partition coefficient (Wildman–Crippen LogP) is 4.86. The van der Waals surface area contributed by atoms with Crippen LogP contribution in [0.1, 0.15) is 18.9 Å². The van der Waals surface area contributed by atoms with Gasteiger partial charge in [-0.3, -0.25) is 0 Å². The number of aromatic nitrogens is 1. The smallest absolute Gasteiger partial charge is 0.223 e. The number of thioether (sulfide) groups is 1. The third-order valence-electron chi connectivity index (χ3n) is 2.91. The van der Waals surface area contributed by atoms with Gasteiger partial charge in [0, 0.05) is 27.7 Å². The van der Waals surface area contributed by atoms with Crippen LogP contribution in [-0.4, -0.2) is 17.8 Å². The van der Waals surface area contributed by atoms with Crippen LogP contribution in [0, 0.1) is 0 Å². The van der Waals surface area contributed by atoms with E-state index in [1.54, 1.807) is 18.0 Å². The van der Waals surface area contributed by atoms with Gasteiger partial charge in [-0.25, -0.2) is 4.98 Å². The number of rotatable bonds is 7. The van der Waals surface area contributed by atoms with Crippen LogP contribution < -0.4 is 10.1 Å². The molecule has 1 N–H and O–H groups in total. The zero-order valence-corrected chi connectivity index (χ0v) is 14.6. The molecule has 0 amide bonds. The van der Waals surface area contributed by atoms with Crippen molar-refractivity contribution in [3.63, 3.8) is 0 Å². The van der Waals surface area contributed by atoms with Crippen LogP contribution in [0.5, 0.6) is 11.6 Å². The number of nitrogens with zero attached hydrogens (tertiary/aromatic N) is 1. The van der Waals surface area contributed by atoms with Crippen molar-refractivity contribution in [2.45, 2.75) is 24.8 Å². The maximum atomic E-state index is 6.02. The first-order valence-corrected chi connectivity index (χ1v) is 8.92. The van der Waals surface area contributed by atoms with Gasteiger partial charge in [-0.2, -0.15) is 0 Å². The summed E-state index contributed by atoms with van der Waals surface area (Å²) in [4.78, 5) is 5.52. The summed E-state index contributed by atoms with van der Waals surface area (Å²) in [5.41, 5.74) is 1.05. The second-order valence-electron chi connectivity index (χ2n) is 4.55. The topological polar surface area (TPSA) is 34.2 Å². The van der Waals surface area contributed by atoms with Gasteiger partial charge in [0.05, 0.1) is 0 Å². The summed E-state index contributed by atoms with van der Waals surface area (Å²) in [5, 5.41) is 3.39. The second-order valence-corrected chi connectivity index (χ2v) is 6.31. The Labute approximate surface area is 138 Å². The first kappa shape index (κ1) is 16.3. The molecule has 3 nitrogen and oxygen atoms in total. The molecule has 21 heavy (non-hydrogen) atoms. The van der Waals surface area contributed by atoms with Gasteiger partial charge in [0.15, 0.2) is 0 Å². The van der Waals surface area contributed by atoms with E-state index in [9.17, 15) is 0 Å². The zero-order valence-electron chi connectivity index (χ0n) is 12.2. The monoisotopic (exact) mass is 366 g/mol. The number of hydrogen-bond acceptors (Lipinski definition) is 4. The molecule has 112 valence electrons. The Morgan fingerprint density at radius 2 is 2.14 bits per heavy atom. The molecule has 5 heteroatoms. The fraction of sp³-hybridized carbons (Fsp3) is 0.312. The summed E-state index contributed by atoms with van der Waals surface area (Å²) < 4.78 is 6.98. The van der Waals surface area contributed by atoms with Crippen molar-refractivity contribution in [1.82, 2.24) is 10.3 Å². The summed E-state index contributed by atoms with van der Waals surface area (Å²) in [5.74, 6) is 1.50. The van der Waals surface area contributed by atoms with Crippen LogP contribution in [0.2, 0.25) is 0 Å². The van der Waals surface area contributed by atoms with E-state index >= 15 is 0 Å². The molecular formula is C16H19BrN2OS. The van der Waals surface area contributed by atoms with E-state index in [4.69, 9.17) is 4.74 Å². The molecular weight excluding hydrogens is 348 g/mol. The largest absolute Gasteiger partial charge is 0.438 e. The predicted molar refractivity (Wildman–Crippen MR) is 92.2 cm³/mol. The van der Waals surface area contributed by atoms with Crippen LogP contribution in [-0.2, 0) is 6.54 Å². The molecule has 0 fully saturated rings. The van der Waals surface area contributed by atoms with Gasteiger partial charge >= 0.3 is 0 Å². The van der Waals surface area contributed by atoms with Gasteiger partial charge in [0.2, 0.25) is 5.88 Å². The van der Waals surface area contributed by atoms with Gasteiger partial charge < -0.3 is 10.1 Å². The van der Waals surface area contributed by atoms with E-state index in [1.165, 1.54) is 0 Å². The summed E-state index contributed by atoms with van der Waals surface area (Å²) >= 11 is 5.14. The molecule has 1 heterocycles. The molecule has 2 rings (SSSR count). The van der Waals surface area contributed by atoms with E-state index in [-0.39, 0.29) is 0 Å². The minimum absolute atomic E-state index is 0.656. The first-order valence-electron chi connectivity index (χ1n) is 6.90. The molecule has 0 saturated carbocycles. The van der Waals surface area contributed by atoms with Crippen LogP contribution >= 0.6 is 27.7 Å². The summed E-state index contributed by atoms with van der Waals surface area (Å²) in [6, 6.07) is 10.1. The summed E-state index contributed by atoms with van der Waals surface area (Å²) in [6.07, 6.45) is 4.91. The molecule has 1 aromatic carbocycles. The fourth-order valence-electron chi connectivity index (χ4n) is 1.89. The number of ether oxygens (including phenoxy) is 1. The Morgan fingerprint density at radius 3 is 2.90 bits per heavy atom. The van der Waals surface area contributed by atoms with Crippen LogP contribution in [0.3, 0.4) is 0 Å². The van der Waals surface area contributed by atoms with Crippen LogP contribution in [0.15, 0.2) is 45.9 Å². The number of pyridine rings is 1. The third kappa shape index (κ3) is 4.73. The van der Waals surface area contributed by atoms with Gasteiger partial charge in [0.1, 0.15) is 5.75 Å². The highest BCUT2D eigenvalue weighted by molar-refractivity contribution is 9.10. The van der Waals surface area contributed by atoms with Crippen molar-refractivity contribution >= 4 is 27.7 Å². The standard InChI is InChI=1S/C16H19BrN2OS/c1-3-8-18-10-12-9-13(17)11-19-16(12)20-14-6-4-5-7-15(14)21-2/h4-7,9,11,18H,3,8,10H2,1-2H3. The number of para-hydroxylation sites is 1. The number of halogens is 1. The van der Waals surface area contributed by atoms with Crippen LogP contribution in [0.25, 0.3) is 0 Å². The van der Waals surface area contributed by atoms with E-state index in [2.05, 4.69) is 33.2 Å². The average molecular weight is 367 g/mol. The molecule has 0 aliphatic heterocycles. The van der Waals surface area contributed by atoms with Crippen molar-refractivity contribution in [1.29, 1.82) is 0 Å². The average Bonchev–Trinajstić information content (AvgIpc) is 2.50. The lowest BCUT2D eigenvalue weighted by molar-refractivity contribution is 0.442. The van der Waals surface area contributed by atoms with Crippen LogP contribution in [0.4, 0.5) is 0 Å². The van der Waals surface area contributed by atoms with Crippen molar-refractivity contribution in [3.8, 4) is 11.6 Å². The van der Waals surface area contributed by atoms with Crippen molar-refractivity contribution in [2.24, 2.45) is 0 Å². The van der Waals surface area contributed by atoms with Gasteiger partial charge in [0.25, 0.3) is 0 Å². The molecule has 1 aromatic heterocycles. The maximum absolute atomic E-state index is 6.02. The third-order valence-corrected chi connectivity index (χ3v) is 4.12. The Bertz CT molecular complexity index is 592. The molecule has 0 saturated heterocycles. The first-order chi connectivity index (χ1) is 10.2. The number of nitrogens with one attached hydrogen (secondary N) is 1. The van der Waals surface area contributed by atoms with Crippen molar-refractivity contribution in [2.75, 3.05) is 12.8 Å². The highest BCUT2D eigenvalue weighted by atomic mass is 79.9. The maximum Gasteiger partial charge on any atom is 0.223 e. The lowest BCUT2D eigenvalue weighted by Crippen LogP contribution is -2.14. The molecule has 0 atom stereocenters. The quantitative estimate of drug-likeness (QED) is 0.560. The van der Waals surface area contributed by atoms with Gasteiger partial charge in [-0.15, -0.1) is 11.8 Å². The molecule has 2 aromatic rings. The van der Waals surface area contributed by atoms with E-state index in [0.717, 1.165) is 40.2 Å². The lowest BCUT2D eigenvalue weighted by atomic mass is 10.2. The number of hydrogen-bond donors (Lipinski definition) is 1. The lowest BCUT2D eigenvalue weighted by Gasteiger charge is -2.13. The SMILES string of the molecule is CCCNCc1cc(Br)cnc1Oc1ccccc1SC. The van der Waals surface area contributed by atoms with Crippen molar-refractivity contribution in [3.05, 3.63) is 46.6 Å². The molecule has 0 aliphatic carbocycles.